The summed E-state index contributed by atoms with van der Waals surface area (Å²) in [6, 6.07) is 0. The van der Waals surface area contributed by atoms with Crippen molar-refractivity contribution < 1.29 is 14.3 Å². The fourth-order valence-electron chi connectivity index (χ4n) is 1.71. The van der Waals surface area contributed by atoms with Gasteiger partial charge in [0.1, 0.15) is 0 Å². The molecule has 1 aromatic heterocycles. The minimum Gasteiger partial charge on any atom is -0.466 e. The highest BCUT2D eigenvalue weighted by atomic mass is 35.5. The third kappa shape index (κ3) is 3.00. The van der Waals surface area contributed by atoms with E-state index in [0.717, 1.165) is 0 Å². The van der Waals surface area contributed by atoms with Crippen LogP contribution in [0.3, 0.4) is 0 Å². The first-order valence-corrected chi connectivity index (χ1v) is 6.96. The molecule has 5 nitrogen and oxygen atoms in total. The molecule has 98 valence electrons. The molecule has 1 amide bonds. The number of ether oxygens (including phenoxy) is 1. The van der Waals surface area contributed by atoms with Gasteiger partial charge in [-0.1, -0.05) is 0 Å². The highest BCUT2D eigenvalue weighted by Gasteiger charge is 2.31. The molecule has 1 fully saturated rings. The highest BCUT2D eigenvalue weighted by Crippen LogP contribution is 2.27. The van der Waals surface area contributed by atoms with Crippen LogP contribution in [0.1, 0.15) is 19.0 Å². The van der Waals surface area contributed by atoms with Crippen LogP contribution in [-0.2, 0) is 20.7 Å². The molecule has 0 aromatic carbocycles. The normalized spacial score (nSPS) is 19.3. The Morgan fingerprint density at radius 1 is 1.72 bits per heavy atom. The highest BCUT2D eigenvalue weighted by molar-refractivity contribution is 7.14. The summed E-state index contributed by atoms with van der Waals surface area (Å²) < 4.78 is 4.84. The van der Waals surface area contributed by atoms with E-state index >= 15 is 0 Å². The van der Waals surface area contributed by atoms with Gasteiger partial charge in [0, 0.05) is 18.3 Å². The lowest BCUT2D eigenvalue weighted by Crippen LogP contribution is -2.24. The zero-order valence-corrected chi connectivity index (χ0v) is 11.5. The molecule has 1 aromatic rings. The molecular weight excluding hydrogens is 276 g/mol. The summed E-state index contributed by atoms with van der Waals surface area (Å²) in [6.45, 7) is 2.59. The van der Waals surface area contributed by atoms with Gasteiger partial charge in [-0.05, 0) is 6.92 Å². The second-order valence-corrected chi connectivity index (χ2v) is 5.36. The Morgan fingerprint density at radius 2 is 2.50 bits per heavy atom. The number of amides is 1. The van der Waals surface area contributed by atoms with Crippen LogP contribution in [-0.4, -0.2) is 35.4 Å². The summed E-state index contributed by atoms with van der Waals surface area (Å²) in [4.78, 5) is 28.8. The largest absolute Gasteiger partial charge is 0.466 e. The lowest BCUT2D eigenvalue weighted by atomic mass is 10.3. The predicted molar refractivity (Wildman–Crippen MR) is 69.1 cm³/mol. The molecule has 0 saturated carbocycles. The maximum Gasteiger partial charge on any atom is 0.311 e. The van der Waals surface area contributed by atoms with Crippen molar-refractivity contribution in [3.05, 3.63) is 11.1 Å². The second kappa shape index (κ2) is 5.67. The molecule has 18 heavy (non-hydrogen) atoms. The van der Waals surface area contributed by atoms with E-state index in [0.29, 0.717) is 30.4 Å². The third-order valence-corrected chi connectivity index (χ3v) is 3.68. The number of thiazole rings is 1. The van der Waals surface area contributed by atoms with Crippen molar-refractivity contribution in [3.8, 4) is 0 Å². The predicted octanol–water partition coefficient (Wildman–Crippen LogP) is 1.59. The van der Waals surface area contributed by atoms with Crippen LogP contribution in [0.2, 0.25) is 0 Å². The Hall–Kier alpha value is -1.14. The van der Waals surface area contributed by atoms with Crippen molar-refractivity contribution in [2.24, 2.45) is 0 Å². The number of nitrogens with zero attached hydrogens (tertiary/aromatic N) is 2. The van der Waals surface area contributed by atoms with Crippen LogP contribution in [0.5, 0.6) is 0 Å². The molecule has 2 rings (SSSR count). The molecule has 1 atom stereocenters. The number of alkyl halides is 1. The van der Waals surface area contributed by atoms with E-state index in [9.17, 15) is 9.59 Å². The van der Waals surface area contributed by atoms with E-state index in [-0.39, 0.29) is 23.7 Å². The molecule has 2 heterocycles. The average molecular weight is 289 g/mol. The van der Waals surface area contributed by atoms with Crippen LogP contribution < -0.4 is 4.90 Å². The van der Waals surface area contributed by atoms with Crippen LogP contribution in [0.4, 0.5) is 5.13 Å². The Labute approximate surface area is 114 Å². The summed E-state index contributed by atoms with van der Waals surface area (Å²) in [7, 11) is 0. The fraction of sp³-hybridized carbons (Fsp3) is 0.545. The lowest BCUT2D eigenvalue weighted by molar-refractivity contribution is -0.142. The van der Waals surface area contributed by atoms with Crippen LogP contribution in [0, 0.1) is 0 Å². The van der Waals surface area contributed by atoms with Gasteiger partial charge in [-0.15, -0.1) is 22.9 Å². The minimum atomic E-state index is -0.308. The van der Waals surface area contributed by atoms with Gasteiger partial charge in [0.05, 0.1) is 24.1 Å². The Balaban J connectivity index is 2.02. The van der Waals surface area contributed by atoms with Crippen molar-refractivity contribution >= 4 is 39.9 Å². The van der Waals surface area contributed by atoms with Crippen molar-refractivity contribution in [3.63, 3.8) is 0 Å². The molecule has 1 unspecified atom stereocenters. The minimum absolute atomic E-state index is 0.0213. The van der Waals surface area contributed by atoms with E-state index in [1.54, 1.807) is 17.2 Å². The number of esters is 1. The maximum atomic E-state index is 11.6. The third-order valence-electron chi connectivity index (χ3n) is 2.48. The van der Waals surface area contributed by atoms with Crippen LogP contribution in [0.25, 0.3) is 0 Å². The van der Waals surface area contributed by atoms with Crippen molar-refractivity contribution in [2.45, 2.75) is 25.1 Å². The standard InChI is InChI=1S/C11H13ClN2O3S/c1-2-17-10(16)4-8-6-18-11(13-8)14-5-7(12)3-9(14)15/h6-7H,2-5H2,1H3. The van der Waals surface area contributed by atoms with Gasteiger partial charge >= 0.3 is 5.97 Å². The first-order chi connectivity index (χ1) is 8.60. The second-order valence-electron chi connectivity index (χ2n) is 3.91. The molecule has 0 aliphatic carbocycles. The molecular formula is C11H13ClN2O3S. The van der Waals surface area contributed by atoms with E-state index < -0.39 is 0 Å². The summed E-state index contributed by atoms with van der Waals surface area (Å²) >= 11 is 7.26. The summed E-state index contributed by atoms with van der Waals surface area (Å²) in [5.74, 6) is -0.329. The fourth-order valence-corrected chi connectivity index (χ4v) is 2.83. The van der Waals surface area contributed by atoms with Crippen LogP contribution in [0.15, 0.2) is 5.38 Å². The lowest BCUT2D eigenvalue weighted by Gasteiger charge is -2.10. The summed E-state index contributed by atoms with van der Waals surface area (Å²) in [5, 5.41) is 2.21. The molecule has 0 bridgehead atoms. The number of rotatable bonds is 4. The number of hydrogen-bond donors (Lipinski definition) is 0. The first kappa shape index (κ1) is 13.3. The molecule has 1 aliphatic heterocycles. The van der Waals surface area contributed by atoms with Gasteiger partial charge in [0.2, 0.25) is 5.91 Å². The average Bonchev–Trinajstić information content (AvgIpc) is 2.85. The number of anilines is 1. The summed E-state index contributed by atoms with van der Waals surface area (Å²) in [5.41, 5.74) is 0.624. The van der Waals surface area contributed by atoms with Gasteiger partial charge in [0.15, 0.2) is 5.13 Å². The van der Waals surface area contributed by atoms with Gasteiger partial charge in [-0.25, -0.2) is 4.98 Å². The maximum absolute atomic E-state index is 11.6. The Morgan fingerprint density at radius 3 is 3.11 bits per heavy atom. The topological polar surface area (TPSA) is 59.5 Å². The zero-order valence-electron chi connectivity index (χ0n) is 9.89. The number of halogens is 1. The Bertz CT molecular complexity index is 463. The molecule has 7 heteroatoms. The monoisotopic (exact) mass is 288 g/mol. The molecule has 1 saturated heterocycles. The smallest absolute Gasteiger partial charge is 0.311 e. The van der Waals surface area contributed by atoms with Gasteiger partial charge in [-0.2, -0.15) is 0 Å². The van der Waals surface area contributed by atoms with Crippen molar-refractivity contribution in [1.82, 2.24) is 4.98 Å². The van der Waals surface area contributed by atoms with E-state index in [1.165, 1.54) is 11.3 Å². The van der Waals surface area contributed by atoms with E-state index in [1.807, 2.05) is 0 Å². The summed E-state index contributed by atoms with van der Waals surface area (Å²) in [6.07, 6.45) is 0.477. The Kier molecular flexibility index (Phi) is 4.19. The van der Waals surface area contributed by atoms with Crippen LogP contribution >= 0.6 is 22.9 Å². The van der Waals surface area contributed by atoms with Gasteiger partial charge < -0.3 is 4.74 Å². The quantitative estimate of drug-likeness (QED) is 0.624. The number of aromatic nitrogens is 1. The van der Waals surface area contributed by atoms with Crippen molar-refractivity contribution in [2.75, 3.05) is 18.1 Å². The SMILES string of the molecule is CCOC(=O)Cc1csc(N2CC(Cl)CC2=O)n1. The zero-order chi connectivity index (χ0) is 13.1. The first-order valence-electron chi connectivity index (χ1n) is 5.64. The molecule has 0 radical (unpaired) electrons. The van der Waals surface area contributed by atoms with E-state index in [4.69, 9.17) is 16.3 Å². The van der Waals surface area contributed by atoms with E-state index in [2.05, 4.69) is 4.98 Å². The number of carbonyl (C=O) groups is 2. The number of carbonyl (C=O) groups excluding carboxylic acids is 2. The van der Waals surface area contributed by atoms with Gasteiger partial charge in [0.25, 0.3) is 0 Å². The number of hydrogen-bond acceptors (Lipinski definition) is 5. The van der Waals surface area contributed by atoms with Gasteiger partial charge in [-0.3, -0.25) is 14.5 Å². The molecule has 0 spiro atoms. The molecule has 0 N–H and O–H groups in total. The molecule has 1 aliphatic rings. The van der Waals surface area contributed by atoms with Crippen molar-refractivity contribution in [1.29, 1.82) is 0 Å².